The highest BCUT2D eigenvalue weighted by molar-refractivity contribution is 9.10. The number of carbonyl (C=O) groups is 1. The van der Waals surface area contributed by atoms with E-state index in [4.69, 9.17) is 0 Å². The number of hydrogen-bond acceptors (Lipinski definition) is 2. The Kier molecular flexibility index (Phi) is 4.11. The van der Waals surface area contributed by atoms with Gasteiger partial charge in [-0.2, -0.15) is 0 Å². The van der Waals surface area contributed by atoms with E-state index in [0.29, 0.717) is 17.7 Å². The Hall–Kier alpha value is -0.900. The number of nitrogens with zero attached hydrogens (tertiary/aromatic N) is 2. The minimum atomic E-state index is 0.107. The standard InChI is InChI=1S/C16H21BrN2O/c1-11-9-10-19(14-7-3-2-5-12(11)14)16(20)13-6-4-8-15(17)18-13/h4,6,8,11-12,14H,2-3,5,7,9-10H2,1H3. The molecule has 0 spiro atoms. The molecule has 1 aromatic rings. The van der Waals surface area contributed by atoms with Gasteiger partial charge in [0.15, 0.2) is 0 Å². The minimum absolute atomic E-state index is 0.107. The third kappa shape index (κ3) is 2.62. The molecule has 1 saturated carbocycles. The van der Waals surface area contributed by atoms with Crippen molar-refractivity contribution in [1.82, 2.24) is 9.88 Å². The maximum absolute atomic E-state index is 12.8. The van der Waals surface area contributed by atoms with Crippen LogP contribution in [0.2, 0.25) is 0 Å². The Labute approximate surface area is 128 Å². The maximum atomic E-state index is 12.8. The summed E-state index contributed by atoms with van der Waals surface area (Å²) in [6.45, 7) is 3.23. The van der Waals surface area contributed by atoms with Gasteiger partial charge in [-0.25, -0.2) is 4.98 Å². The molecule has 4 heteroatoms. The van der Waals surface area contributed by atoms with E-state index in [1.165, 1.54) is 19.3 Å². The first-order valence-electron chi connectivity index (χ1n) is 7.60. The number of amides is 1. The summed E-state index contributed by atoms with van der Waals surface area (Å²) in [6, 6.07) is 6.00. The first-order chi connectivity index (χ1) is 9.66. The summed E-state index contributed by atoms with van der Waals surface area (Å²) >= 11 is 3.35. The predicted octanol–water partition coefficient (Wildman–Crippen LogP) is 3.88. The van der Waals surface area contributed by atoms with E-state index in [1.54, 1.807) is 0 Å². The molecule has 0 radical (unpaired) electrons. The van der Waals surface area contributed by atoms with E-state index in [2.05, 4.69) is 32.7 Å². The zero-order chi connectivity index (χ0) is 14.1. The highest BCUT2D eigenvalue weighted by Crippen LogP contribution is 2.39. The summed E-state index contributed by atoms with van der Waals surface area (Å²) in [5.41, 5.74) is 0.568. The maximum Gasteiger partial charge on any atom is 0.272 e. The minimum Gasteiger partial charge on any atom is -0.334 e. The Morgan fingerprint density at radius 2 is 2.10 bits per heavy atom. The van der Waals surface area contributed by atoms with Crippen LogP contribution in [0.15, 0.2) is 22.8 Å². The molecule has 0 N–H and O–H groups in total. The van der Waals surface area contributed by atoms with Crippen molar-refractivity contribution in [3.05, 3.63) is 28.5 Å². The molecule has 3 nitrogen and oxygen atoms in total. The molecule has 1 aliphatic heterocycles. The Balaban J connectivity index is 1.83. The summed E-state index contributed by atoms with van der Waals surface area (Å²) < 4.78 is 0.730. The third-order valence-corrected chi connectivity index (χ3v) is 5.37. The lowest BCUT2D eigenvalue weighted by molar-refractivity contribution is 0.0213. The first-order valence-corrected chi connectivity index (χ1v) is 8.39. The number of aromatic nitrogens is 1. The molecular formula is C16H21BrN2O. The summed E-state index contributed by atoms with van der Waals surface area (Å²) in [4.78, 5) is 19.2. The number of rotatable bonds is 1. The molecule has 2 fully saturated rings. The van der Waals surface area contributed by atoms with Crippen LogP contribution >= 0.6 is 15.9 Å². The van der Waals surface area contributed by atoms with E-state index in [9.17, 15) is 4.79 Å². The molecule has 2 aliphatic rings. The second kappa shape index (κ2) is 5.84. The highest BCUT2D eigenvalue weighted by atomic mass is 79.9. The average Bonchev–Trinajstić information content (AvgIpc) is 2.47. The Bertz CT molecular complexity index is 505. The van der Waals surface area contributed by atoms with Crippen LogP contribution in [-0.4, -0.2) is 28.4 Å². The molecule has 3 unspecified atom stereocenters. The second-order valence-electron chi connectivity index (χ2n) is 6.13. The molecule has 1 amide bonds. The van der Waals surface area contributed by atoms with Crippen molar-refractivity contribution in [3.8, 4) is 0 Å². The fourth-order valence-corrected chi connectivity index (χ4v) is 4.18. The van der Waals surface area contributed by atoms with Crippen LogP contribution < -0.4 is 0 Å². The SMILES string of the molecule is CC1CCN(C(=O)c2cccc(Br)n2)C2CCCCC12. The fraction of sp³-hybridized carbons (Fsp3) is 0.625. The number of fused-ring (bicyclic) bond motifs is 1. The molecule has 108 valence electrons. The van der Waals surface area contributed by atoms with Gasteiger partial charge in [0.25, 0.3) is 5.91 Å². The molecule has 1 aliphatic carbocycles. The summed E-state index contributed by atoms with van der Waals surface area (Å²) in [6.07, 6.45) is 6.14. The van der Waals surface area contributed by atoms with Crippen LogP contribution in [0.5, 0.6) is 0 Å². The van der Waals surface area contributed by atoms with E-state index in [1.807, 2.05) is 18.2 Å². The van der Waals surface area contributed by atoms with E-state index >= 15 is 0 Å². The van der Waals surface area contributed by atoms with Crippen molar-refractivity contribution >= 4 is 21.8 Å². The number of piperidine rings is 1. The number of halogens is 1. The molecule has 3 rings (SSSR count). The lowest BCUT2D eigenvalue weighted by Crippen LogP contribution is -2.52. The van der Waals surface area contributed by atoms with Crippen LogP contribution in [0.25, 0.3) is 0 Å². The van der Waals surface area contributed by atoms with Crippen molar-refractivity contribution in [2.24, 2.45) is 11.8 Å². The van der Waals surface area contributed by atoms with Gasteiger partial charge in [-0.3, -0.25) is 4.79 Å². The summed E-state index contributed by atoms with van der Waals surface area (Å²) in [5, 5.41) is 0. The number of likely N-dealkylation sites (tertiary alicyclic amines) is 1. The lowest BCUT2D eigenvalue weighted by Gasteiger charge is -2.47. The topological polar surface area (TPSA) is 33.2 Å². The van der Waals surface area contributed by atoms with Gasteiger partial charge in [0.1, 0.15) is 10.3 Å². The van der Waals surface area contributed by atoms with Gasteiger partial charge in [-0.1, -0.05) is 25.8 Å². The van der Waals surface area contributed by atoms with Crippen LogP contribution in [-0.2, 0) is 0 Å². The van der Waals surface area contributed by atoms with Gasteiger partial charge in [0.2, 0.25) is 0 Å². The summed E-state index contributed by atoms with van der Waals surface area (Å²) in [5.74, 6) is 1.54. The van der Waals surface area contributed by atoms with Gasteiger partial charge in [-0.05, 0) is 59.2 Å². The largest absolute Gasteiger partial charge is 0.334 e. The fourth-order valence-electron chi connectivity index (χ4n) is 3.84. The second-order valence-corrected chi connectivity index (χ2v) is 6.94. The lowest BCUT2D eigenvalue weighted by atomic mass is 9.72. The zero-order valence-electron chi connectivity index (χ0n) is 11.9. The van der Waals surface area contributed by atoms with Crippen LogP contribution in [0.4, 0.5) is 0 Å². The van der Waals surface area contributed by atoms with E-state index in [0.717, 1.165) is 29.9 Å². The van der Waals surface area contributed by atoms with Gasteiger partial charge in [-0.15, -0.1) is 0 Å². The van der Waals surface area contributed by atoms with Gasteiger partial charge in [0, 0.05) is 12.6 Å². The highest BCUT2D eigenvalue weighted by Gasteiger charge is 2.39. The molecule has 0 aromatic carbocycles. The van der Waals surface area contributed by atoms with Crippen molar-refractivity contribution in [3.63, 3.8) is 0 Å². The predicted molar refractivity (Wildman–Crippen MR) is 82.5 cm³/mol. The molecular weight excluding hydrogens is 316 g/mol. The number of pyridine rings is 1. The number of hydrogen-bond donors (Lipinski definition) is 0. The van der Waals surface area contributed by atoms with Gasteiger partial charge < -0.3 is 4.90 Å². The van der Waals surface area contributed by atoms with Crippen molar-refractivity contribution < 1.29 is 4.79 Å². The van der Waals surface area contributed by atoms with Gasteiger partial charge >= 0.3 is 0 Å². The Morgan fingerprint density at radius 1 is 1.30 bits per heavy atom. The van der Waals surface area contributed by atoms with Crippen LogP contribution in [0.3, 0.4) is 0 Å². The molecule has 1 saturated heterocycles. The molecule has 0 bridgehead atoms. The Morgan fingerprint density at radius 3 is 2.90 bits per heavy atom. The van der Waals surface area contributed by atoms with Crippen molar-refractivity contribution in [2.75, 3.05) is 6.54 Å². The summed E-state index contributed by atoms with van der Waals surface area (Å²) in [7, 11) is 0. The molecule has 2 heterocycles. The average molecular weight is 337 g/mol. The zero-order valence-corrected chi connectivity index (χ0v) is 13.5. The van der Waals surface area contributed by atoms with Crippen molar-refractivity contribution in [2.45, 2.75) is 45.1 Å². The third-order valence-electron chi connectivity index (χ3n) is 4.93. The molecule has 3 atom stereocenters. The monoisotopic (exact) mass is 336 g/mol. The molecule has 1 aromatic heterocycles. The quantitative estimate of drug-likeness (QED) is 0.729. The number of carbonyl (C=O) groups excluding carboxylic acids is 1. The van der Waals surface area contributed by atoms with Crippen LogP contribution in [0.1, 0.15) is 49.5 Å². The normalized spacial score (nSPS) is 29.9. The molecule has 20 heavy (non-hydrogen) atoms. The van der Waals surface area contributed by atoms with Gasteiger partial charge in [0.05, 0.1) is 0 Å². The smallest absolute Gasteiger partial charge is 0.272 e. The van der Waals surface area contributed by atoms with Crippen LogP contribution in [0, 0.1) is 11.8 Å². The van der Waals surface area contributed by atoms with E-state index in [-0.39, 0.29) is 5.91 Å². The first kappa shape index (κ1) is 14.1. The van der Waals surface area contributed by atoms with E-state index < -0.39 is 0 Å². The van der Waals surface area contributed by atoms with Crippen molar-refractivity contribution in [1.29, 1.82) is 0 Å².